The van der Waals surface area contributed by atoms with Crippen LogP contribution in [0.4, 0.5) is 0 Å². The standard InChI is InChI=1S/C10H13NO2S/c1-8-3-4-10(7-9(8)2)5-6-14(11,12)13/h3-7H,1-2H3,(H2,11,12,13)/b6-5+. The molecule has 0 fully saturated rings. The van der Waals surface area contributed by atoms with E-state index in [2.05, 4.69) is 0 Å². The van der Waals surface area contributed by atoms with E-state index in [1.165, 1.54) is 11.6 Å². The second-order valence-corrected chi connectivity index (χ2v) is 4.69. The molecule has 0 amide bonds. The fraction of sp³-hybridized carbons (Fsp3) is 0.200. The van der Waals surface area contributed by atoms with E-state index in [1.54, 1.807) is 0 Å². The van der Waals surface area contributed by atoms with Crippen LogP contribution in [0.2, 0.25) is 0 Å². The van der Waals surface area contributed by atoms with Crippen LogP contribution < -0.4 is 5.14 Å². The van der Waals surface area contributed by atoms with Crippen molar-refractivity contribution >= 4 is 16.1 Å². The second-order valence-electron chi connectivity index (χ2n) is 3.24. The quantitative estimate of drug-likeness (QED) is 0.807. The zero-order chi connectivity index (χ0) is 10.8. The maximum atomic E-state index is 10.6. The number of hydrogen-bond acceptors (Lipinski definition) is 2. The first-order valence-electron chi connectivity index (χ1n) is 4.16. The summed E-state index contributed by atoms with van der Waals surface area (Å²) in [6.07, 6.45) is 1.49. The van der Waals surface area contributed by atoms with E-state index in [-0.39, 0.29) is 0 Å². The number of benzene rings is 1. The van der Waals surface area contributed by atoms with Crippen molar-refractivity contribution in [1.82, 2.24) is 0 Å². The molecule has 0 aromatic heterocycles. The summed E-state index contributed by atoms with van der Waals surface area (Å²) in [6.45, 7) is 3.98. The Bertz CT molecular complexity index is 461. The average molecular weight is 211 g/mol. The lowest BCUT2D eigenvalue weighted by atomic mass is 10.1. The predicted molar refractivity (Wildman–Crippen MR) is 58.1 cm³/mol. The van der Waals surface area contributed by atoms with Crippen molar-refractivity contribution in [1.29, 1.82) is 0 Å². The fourth-order valence-corrected chi connectivity index (χ4v) is 1.39. The van der Waals surface area contributed by atoms with Gasteiger partial charge in [-0.05, 0) is 36.6 Å². The van der Waals surface area contributed by atoms with Gasteiger partial charge in [0.2, 0.25) is 10.0 Å². The number of sulfonamides is 1. The van der Waals surface area contributed by atoms with Crippen molar-refractivity contribution < 1.29 is 8.42 Å². The number of rotatable bonds is 2. The second kappa shape index (κ2) is 3.94. The molecule has 3 nitrogen and oxygen atoms in total. The minimum absolute atomic E-state index is 0.835. The first-order valence-corrected chi connectivity index (χ1v) is 5.77. The van der Waals surface area contributed by atoms with E-state index < -0.39 is 10.0 Å². The lowest BCUT2D eigenvalue weighted by Crippen LogP contribution is -2.06. The van der Waals surface area contributed by atoms with Crippen LogP contribution in [0.1, 0.15) is 16.7 Å². The van der Waals surface area contributed by atoms with Crippen LogP contribution in [-0.4, -0.2) is 8.42 Å². The van der Waals surface area contributed by atoms with Crippen molar-refractivity contribution in [3.63, 3.8) is 0 Å². The summed E-state index contributed by atoms with van der Waals surface area (Å²) in [5.41, 5.74) is 3.14. The molecule has 0 aliphatic carbocycles. The highest BCUT2D eigenvalue weighted by molar-refractivity contribution is 7.92. The molecule has 1 aromatic rings. The molecule has 2 N–H and O–H groups in total. The van der Waals surface area contributed by atoms with Crippen LogP contribution in [0.15, 0.2) is 23.6 Å². The third-order valence-electron chi connectivity index (χ3n) is 1.98. The van der Waals surface area contributed by atoms with Crippen LogP contribution in [0.5, 0.6) is 0 Å². The van der Waals surface area contributed by atoms with E-state index in [0.29, 0.717) is 0 Å². The van der Waals surface area contributed by atoms with Gasteiger partial charge < -0.3 is 0 Å². The number of aryl methyl sites for hydroxylation is 2. The Kier molecular flexibility index (Phi) is 3.08. The maximum absolute atomic E-state index is 10.6. The SMILES string of the molecule is Cc1ccc(/C=C/S(N)(=O)=O)cc1C. The molecule has 0 spiro atoms. The Morgan fingerprint density at radius 3 is 2.36 bits per heavy atom. The molecule has 0 saturated carbocycles. The molecule has 1 rings (SSSR count). The van der Waals surface area contributed by atoms with Gasteiger partial charge in [-0.25, -0.2) is 13.6 Å². The smallest absolute Gasteiger partial charge is 0.225 e. The Morgan fingerprint density at radius 1 is 1.21 bits per heavy atom. The van der Waals surface area contributed by atoms with Gasteiger partial charge in [0.15, 0.2) is 0 Å². The minimum Gasteiger partial charge on any atom is -0.225 e. The molecular weight excluding hydrogens is 198 g/mol. The molecule has 0 aliphatic rings. The number of hydrogen-bond donors (Lipinski definition) is 1. The summed E-state index contributed by atoms with van der Waals surface area (Å²) >= 11 is 0. The number of primary sulfonamides is 1. The van der Waals surface area contributed by atoms with Crippen molar-refractivity contribution in [3.05, 3.63) is 40.3 Å². The van der Waals surface area contributed by atoms with Gasteiger partial charge in [-0.2, -0.15) is 0 Å². The Hall–Kier alpha value is -1.13. The largest absolute Gasteiger partial charge is 0.231 e. The molecular formula is C10H13NO2S. The molecule has 4 heteroatoms. The monoisotopic (exact) mass is 211 g/mol. The van der Waals surface area contributed by atoms with Crippen LogP contribution in [0.25, 0.3) is 6.08 Å². The van der Waals surface area contributed by atoms with E-state index in [4.69, 9.17) is 5.14 Å². The van der Waals surface area contributed by atoms with E-state index >= 15 is 0 Å². The van der Waals surface area contributed by atoms with Gasteiger partial charge in [0.1, 0.15) is 0 Å². The summed E-state index contributed by atoms with van der Waals surface area (Å²) in [5, 5.41) is 5.83. The van der Waals surface area contributed by atoms with Crippen molar-refractivity contribution in [3.8, 4) is 0 Å². The first-order chi connectivity index (χ1) is 6.38. The van der Waals surface area contributed by atoms with Crippen molar-refractivity contribution in [2.45, 2.75) is 13.8 Å². The molecule has 0 radical (unpaired) electrons. The van der Waals surface area contributed by atoms with Crippen molar-refractivity contribution in [2.24, 2.45) is 5.14 Å². The molecule has 0 saturated heterocycles. The maximum Gasteiger partial charge on any atom is 0.231 e. The van der Waals surface area contributed by atoms with Crippen molar-refractivity contribution in [2.75, 3.05) is 0 Å². The summed E-state index contributed by atoms with van der Waals surface area (Å²) in [6, 6.07) is 5.71. The van der Waals surface area contributed by atoms with Gasteiger partial charge in [0, 0.05) is 5.41 Å². The zero-order valence-corrected chi connectivity index (χ0v) is 9.01. The topological polar surface area (TPSA) is 60.2 Å². The molecule has 0 heterocycles. The molecule has 0 bridgehead atoms. The van der Waals surface area contributed by atoms with Gasteiger partial charge in [0.05, 0.1) is 0 Å². The predicted octanol–water partition coefficient (Wildman–Crippen LogP) is 1.56. The normalized spacial score (nSPS) is 12.2. The van der Waals surface area contributed by atoms with Crippen LogP contribution in [-0.2, 0) is 10.0 Å². The Balaban J connectivity index is 3.00. The molecule has 14 heavy (non-hydrogen) atoms. The van der Waals surface area contributed by atoms with Gasteiger partial charge in [-0.1, -0.05) is 18.2 Å². The third-order valence-corrected chi connectivity index (χ3v) is 2.50. The Morgan fingerprint density at radius 2 is 1.86 bits per heavy atom. The fourth-order valence-electron chi connectivity index (χ4n) is 1.04. The highest BCUT2D eigenvalue weighted by Crippen LogP contribution is 2.11. The van der Waals surface area contributed by atoms with Crippen LogP contribution in [0, 0.1) is 13.8 Å². The Labute approximate surface area is 84.3 Å². The summed E-state index contributed by atoms with van der Waals surface area (Å²) in [4.78, 5) is 0. The molecule has 0 atom stereocenters. The van der Waals surface area contributed by atoms with Gasteiger partial charge in [0.25, 0.3) is 0 Å². The lowest BCUT2D eigenvalue weighted by molar-refractivity contribution is 0.606. The molecule has 1 aromatic carbocycles. The van der Waals surface area contributed by atoms with E-state index in [9.17, 15) is 8.42 Å². The average Bonchev–Trinajstić information content (AvgIpc) is 2.06. The van der Waals surface area contributed by atoms with E-state index in [0.717, 1.165) is 16.5 Å². The zero-order valence-electron chi connectivity index (χ0n) is 8.19. The van der Waals surface area contributed by atoms with E-state index in [1.807, 2.05) is 32.0 Å². The van der Waals surface area contributed by atoms with Crippen LogP contribution in [0.3, 0.4) is 0 Å². The summed E-state index contributed by atoms with van der Waals surface area (Å²) in [5.74, 6) is 0. The highest BCUT2D eigenvalue weighted by atomic mass is 32.2. The van der Waals surface area contributed by atoms with Gasteiger partial charge in [-0.15, -0.1) is 0 Å². The van der Waals surface area contributed by atoms with Gasteiger partial charge in [-0.3, -0.25) is 0 Å². The molecule has 76 valence electrons. The third kappa shape index (κ3) is 3.32. The van der Waals surface area contributed by atoms with Gasteiger partial charge >= 0.3 is 0 Å². The summed E-state index contributed by atoms with van der Waals surface area (Å²) in [7, 11) is -3.53. The molecule has 0 unspecified atom stereocenters. The number of nitrogens with two attached hydrogens (primary N) is 1. The highest BCUT2D eigenvalue weighted by Gasteiger charge is 1.96. The summed E-state index contributed by atoms with van der Waals surface area (Å²) < 4.78 is 21.3. The minimum atomic E-state index is -3.53. The van der Waals surface area contributed by atoms with Crippen LogP contribution >= 0.6 is 0 Å². The first kappa shape index (κ1) is 10.9. The molecule has 0 aliphatic heterocycles. The lowest BCUT2D eigenvalue weighted by Gasteiger charge is -2.00.